The maximum Gasteiger partial charge on any atom is 0.271 e. The van der Waals surface area contributed by atoms with Crippen LogP contribution in [0.4, 0.5) is 10.2 Å². The highest BCUT2D eigenvalue weighted by Gasteiger charge is 2.32. The number of phenols is 1. The molecule has 4 heterocycles. The van der Waals surface area contributed by atoms with Crippen molar-refractivity contribution in [3.8, 4) is 5.75 Å². The van der Waals surface area contributed by atoms with Crippen molar-refractivity contribution in [2.45, 2.75) is 51.6 Å². The molecule has 0 fully saturated rings. The van der Waals surface area contributed by atoms with Crippen LogP contribution in [0.2, 0.25) is 0 Å². The number of nitrogens with one attached hydrogen (secondary N) is 1. The number of carbonyl (C=O) groups excluding carboxylic acids is 2. The fraction of sp³-hybridized carbons (Fsp3) is 0.370. The summed E-state index contributed by atoms with van der Waals surface area (Å²) in [4.78, 5) is 31.8. The number of amides is 1. The van der Waals surface area contributed by atoms with Gasteiger partial charge in [-0.2, -0.15) is 0 Å². The molecule has 1 amide bonds. The normalized spacial score (nSPS) is 15.8. The number of carbonyl (C=O) groups is 2. The Morgan fingerprint density at radius 2 is 2.06 bits per heavy atom. The lowest BCUT2D eigenvalue weighted by Crippen LogP contribution is -2.42. The number of aromatic nitrogens is 2. The molecule has 1 aromatic carbocycles. The van der Waals surface area contributed by atoms with Gasteiger partial charge in [0.2, 0.25) is 0 Å². The van der Waals surface area contributed by atoms with E-state index in [1.165, 1.54) is 24.6 Å². The summed E-state index contributed by atoms with van der Waals surface area (Å²) < 4.78 is 16.0. The van der Waals surface area contributed by atoms with Crippen LogP contribution in [0.5, 0.6) is 5.75 Å². The molecule has 182 valence electrons. The molecule has 8 heteroatoms. The number of rotatable bonds is 7. The molecule has 35 heavy (non-hydrogen) atoms. The summed E-state index contributed by atoms with van der Waals surface area (Å²) in [6, 6.07) is 9.59. The summed E-state index contributed by atoms with van der Waals surface area (Å²) >= 11 is 0. The Bertz CT molecular complexity index is 1290. The number of anilines is 1. The first-order valence-corrected chi connectivity index (χ1v) is 12.1. The van der Waals surface area contributed by atoms with Crippen LogP contribution in [-0.4, -0.2) is 44.3 Å². The van der Waals surface area contributed by atoms with E-state index in [1.807, 2.05) is 16.8 Å². The summed E-state index contributed by atoms with van der Waals surface area (Å²) in [7, 11) is 0. The van der Waals surface area contributed by atoms with Crippen LogP contribution < -0.4 is 5.32 Å². The van der Waals surface area contributed by atoms with E-state index >= 15 is 0 Å². The summed E-state index contributed by atoms with van der Waals surface area (Å²) in [5.74, 6) is -0.513. The van der Waals surface area contributed by atoms with Crippen molar-refractivity contribution < 1.29 is 19.1 Å². The van der Waals surface area contributed by atoms with Gasteiger partial charge in [-0.1, -0.05) is 12.1 Å². The van der Waals surface area contributed by atoms with Gasteiger partial charge in [-0.25, -0.2) is 9.37 Å². The number of Topliss-reactive ketones (excluding diaryl/α,β-unsaturated/α-hetero) is 1. The molecule has 0 saturated heterocycles. The van der Waals surface area contributed by atoms with Gasteiger partial charge in [0, 0.05) is 37.9 Å². The van der Waals surface area contributed by atoms with Crippen molar-refractivity contribution in [1.82, 2.24) is 14.5 Å². The number of ketones is 1. The van der Waals surface area contributed by atoms with E-state index in [2.05, 4.69) is 17.4 Å². The Hall–Kier alpha value is -3.68. The van der Waals surface area contributed by atoms with Gasteiger partial charge in [0.1, 0.15) is 17.3 Å². The zero-order valence-electron chi connectivity index (χ0n) is 19.8. The third-order valence-corrected chi connectivity index (χ3v) is 6.85. The smallest absolute Gasteiger partial charge is 0.271 e. The molecular formula is C27H29FN4O3. The van der Waals surface area contributed by atoms with Gasteiger partial charge in [-0.3, -0.25) is 9.59 Å². The van der Waals surface area contributed by atoms with Crippen LogP contribution in [0.25, 0.3) is 0 Å². The van der Waals surface area contributed by atoms with E-state index in [0.29, 0.717) is 24.3 Å². The molecular weight excluding hydrogens is 447 g/mol. The summed E-state index contributed by atoms with van der Waals surface area (Å²) in [6.07, 6.45) is 5.82. The number of halogens is 1. The van der Waals surface area contributed by atoms with Crippen molar-refractivity contribution in [3.63, 3.8) is 0 Å². The van der Waals surface area contributed by atoms with Crippen molar-refractivity contribution in [3.05, 3.63) is 76.5 Å². The predicted octanol–water partition coefficient (Wildman–Crippen LogP) is 4.05. The van der Waals surface area contributed by atoms with Gasteiger partial charge in [0.05, 0.1) is 6.04 Å². The molecule has 2 aromatic heterocycles. The van der Waals surface area contributed by atoms with Crippen LogP contribution in [-0.2, 0) is 30.6 Å². The number of fused-ring (bicyclic) bond motifs is 2. The molecule has 0 saturated carbocycles. The first kappa shape index (κ1) is 23.1. The lowest BCUT2D eigenvalue weighted by atomic mass is 9.98. The average Bonchev–Trinajstić information content (AvgIpc) is 3.27. The lowest BCUT2D eigenvalue weighted by Gasteiger charge is -2.35. The third kappa shape index (κ3) is 4.78. The molecule has 2 aliphatic heterocycles. The number of hydrogen-bond donors (Lipinski definition) is 2. The molecule has 7 nitrogen and oxygen atoms in total. The minimum absolute atomic E-state index is 0.0849. The van der Waals surface area contributed by atoms with E-state index in [1.54, 1.807) is 11.0 Å². The second-order valence-corrected chi connectivity index (χ2v) is 9.40. The zero-order valence-corrected chi connectivity index (χ0v) is 19.8. The Morgan fingerprint density at radius 3 is 2.86 bits per heavy atom. The Kier molecular flexibility index (Phi) is 6.28. The first-order chi connectivity index (χ1) is 16.9. The fourth-order valence-electron chi connectivity index (χ4n) is 5.02. The molecule has 2 N–H and O–H groups in total. The van der Waals surface area contributed by atoms with Crippen molar-refractivity contribution in [1.29, 1.82) is 0 Å². The van der Waals surface area contributed by atoms with Crippen molar-refractivity contribution in [2.75, 3.05) is 18.4 Å². The maximum atomic E-state index is 14.1. The van der Waals surface area contributed by atoms with Gasteiger partial charge in [-0.05, 0) is 73.6 Å². The van der Waals surface area contributed by atoms with Crippen molar-refractivity contribution in [2.24, 2.45) is 0 Å². The SMILES string of the molecule is CC(=O)C[C@@H](c1ccc(O)c(F)c1)N1CCn2cc(CCc3ccc4c(n3)NCCC4)cc2C1=O. The van der Waals surface area contributed by atoms with Gasteiger partial charge in [0.15, 0.2) is 11.6 Å². The highest BCUT2D eigenvalue weighted by molar-refractivity contribution is 5.94. The van der Waals surface area contributed by atoms with Crippen LogP contribution in [0.15, 0.2) is 42.6 Å². The molecule has 1 atom stereocenters. The first-order valence-electron chi connectivity index (χ1n) is 12.1. The molecule has 0 bridgehead atoms. The molecule has 5 rings (SSSR count). The zero-order chi connectivity index (χ0) is 24.5. The van der Waals surface area contributed by atoms with Crippen LogP contribution in [0.3, 0.4) is 0 Å². The number of aryl methyl sites for hydroxylation is 3. The number of nitrogens with zero attached hydrogens (tertiary/aromatic N) is 3. The minimum Gasteiger partial charge on any atom is -0.505 e. The van der Waals surface area contributed by atoms with E-state index < -0.39 is 17.6 Å². The molecule has 3 aromatic rings. The topological polar surface area (TPSA) is 87.5 Å². The fourth-order valence-corrected chi connectivity index (χ4v) is 5.02. The largest absolute Gasteiger partial charge is 0.505 e. The van der Waals surface area contributed by atoms with Gasteiger partial charge < -0.3 is 19.9 Å². The number of phenolic OH excluding ortho intramolecular Hbond substituents is 1. The summed E-state index contributed by atoms with van der Waals surface area (Å²) in [6.45, 7) is 3.43. The van der Waals surface area contributed by atoms with E-state index in [9.17, 15) is 19.1 Å². The number of pyridine rings is 1. The molecule has 0 aliphatic carbocycles. The highest BCUT2D eigenvalue weighted by atomic mass is 19.1. The van der Waals surface area contributed by atoms with Crippen LogP contribution >= 0.6 is 0 Å². The lowest BCUT2D eigenvalue weighted by molar-refractivity contribution is -0.118. The standard InChI is InChI=1S/C27H29FN4O3/c1-17(33)13-23(20-6-9-25(34)22(28)15-20)32-12-11-31-16-18(14-24(31)27(32)35)4-7-21-8-5-19-3-2-10-29-26(19)30-21/h5-6,8-9,14-16,23,34H,2-4,7,10-13H2,1H3,(H,29,30)/t23-/m0/s1. The Balaban J connectivity index is 1.33. The molecule has 2 aliphatic rings. The number of aromatic hydroxyl groups is 1. The highest BCUT2D eigenvalue weighted by Crippen LogP contribution is 2.32. The second-order valence-electron chi connectivity index (χ2n) is 9.40. The van der Waals surface area contributed by atoms with Gasteiger partial charge in [0.25, 0.3) is 5.91 Å². The van der Waals surface area contributed by atoms with Gasteiger partial charge >= 0.3 is 0 Å². The number of benzene rings is 1. The summed E-state index contributed by atoms with van der Waals surface area (Å²) in [5.41, 5.74) is 4.40. The average molecular weight is 477 g/mol. The number of hydrogen-bond acceptors (Lipinski definition) is 5. The summed E-state index contributed by atoms with van der Waals surface area (Å²) in [5, 5.41) is 12.9. The molecule has 0 spiro atoms. The van der Waals surface area contributed by atoms with E-state index in [-0.39, 0.29) is 18.1 Å². The van der Waals surface area contributed by atoms with Crippen LogP contribution in [0, 0.1) is 5.82 Å². The van der Waals surface area contributed by atoms with E-state index in [4.69, 9.17) is 4.98 Å². The monoisotopic (exact) mass is 476 g/mol. The van der Waals surface area contributed by atoms with Crippen LogP contribution in [0.1, 0.15) is 58.7 Å². The second kappa shape index (κ2) is 9.52. The van der Waals surface area contributed by atoms with Gasteiger partial charge in [-0.15, -0.1) is 0 Å². The van der Waals surface area contributed by atoms with E-state index in [0.717, 1.165) is 49.3 Å². The quantitative estimate of drug-likeness (QED) is 0.537. The maximum absolute atomic E-state index is 14.1. The third-order valence-electron chi connectivity index (χ3n) is 6.85. The Labute approximate surface area is 203 Å². The molecule has 0 radical (unpaired) electrons. The van der Waals surface area contributed by atoms with Crippen molar-refractivity contribution >= 4 is 17.5 Å². The minimum atomic E-state index is -0.767. The Morgan fingerprint density at radius 1 is 1.20 bits per heavy atom. The predicted molar refractivity (Wildman–Crippen MR) is 130 cm³/mol. The molecule has 0 unspecified atom stereocenters.